The van der Waals surface area contributed by atoms with Gasteiger partial charge in [0.25, 0.3) is 0 Å². The summed E-state index contributed by atoms with van der Waals surface area (Å²) in [6, 6.07) is 12.4. The van der Waals surface area contributed by atoms with Gasteiger partial charge in [-0.15, -0.1) is 10.2 Å². The topological polar surface area (TPSA) is 71.4 Å². The molecule has 0 bridgehead atoms. The number of ether oxygens (including phenoxy) is 1. The third kappa shape index (κ3) is 5.54. The zero-order valence-electron chi connectivity index (χ0n) is 17.9. The highest BCUT2D eigenvalue weighted by Crippen LogP contribution is 2.33. The van der Waals surface area contributed by atoms with Crippen molar-refractivity contribution in [3.05, 3.63) is 81.5 Å². The molecule has 0 fully saturated rings. The Balaban J connectivity index is 1.58. The molecule has 172 valence electrons. The number of hydrogen-bond donors (Lipinski definition) is 2. The van der Waals surface area contributed by atoms with Gasteiger partial charge < -0.3 is 15.5 Å². The molecule has 0 aliphatic carbocycles. The molecule has 1 unspecified atom stereocenters. The maximum Gasteiger partial charge on any atom is 0.416 e. The van der Waals surface area contributed by atoms with Crippen molar-refractivity contribution in [1.82, 2.24) is 20.9 Å². The van der Waals surface area contributed by atoms with Gasteiger partial charge in [0, 0.05) is 0 Å². The van der Waals surface area contributed by atoms with E-state index >= 15 is 0 Å². The van der Waals surface area contributed by atoms with Gasteiger partial charge >= 0.3 is 6.18 Å². The number of hydrogen-bond acceptors (Lipinski definition) is 6. The van der Waals surface area contributed by atoms with Crippen LogP contribution in [-0.4, -0.2) is 28.6 Å². The predicted molar refractivity (Wildman–Crippen MR) is 120 cm³/mol. The van der Waals surface area contributed by atoms with Crippen molar-refractivity contribution in [2.45, 2.75) is 32.5 Å². The maximum atomic E-state index is 13.1. The monoisotopic (exact) mass is 475 g/mol. The Morgan fingerprint density at radius 1 is 1.09 bits per heavy atom. The number of hydrazone groups is 1. The van der Waals surface area contributed by atoms with E-state index in [1.807, 2.05) is 6.92 Å². The second-order valence-corrected chi connectivity index (χ2v) is 8.20. The van der Waals surface area contributed by atoms with Crippen molar-refractivity contribution in [1.29, 1.82) is 0 Å². The van der Waals surface area contributed by atoms with Crippen LogP contribution in [-0.2, 0) is 12.6 Å². The van der Waals surface area contributed by atoms with Crippen LogP contribution in [0.4, 0.5) is 13.2 Å². The van der Waals surface area contributed by atoms with Crippen molar-refractivity contribution in [2.75, 3.05) is 6.54 Å². The lowest BCUT2D eigenvalue weighted by molar-refractivity contribution is -0.137. The van der Waals surface area contributed by atoms with Crippen LogP contribution in [0.15, 0.2) is 53.6 Å². The highest BCUT2D eigenvalue weighted by atomic mass is 35.5. The first-order valence-corrected chi connectivity index (χ1v) is 10.6. The molecule has 2 aromatic carbocycles. The lowest BCUT2D eigenvalue weighted by atomic mass is 9.98. The minimum atomic E-state index is -4.49. The zero-order valence-corrected chi connectivity index (χ0v) is 18.6. The van der Waals surface area contributed by atoms with Gasteiger partial charge in [0.1, 0.15) is 5.75 Å². The number of amidine groups is 1. The quantitative estimate of drug-likeness (QED) is 0.542. The van der Waals surface area contributed by atoms with Crippen LogP contribution in [0.25, 0.3) is 0 Å². The van der Waals surface area contributed by atoms with E-state index in [-0.39, 0.29) is 22.8 Å². The van der Waals surface area contributed by atoms with Gasteiger partial charge in [0.15, 0.2) is 11.0 Å². The number of aromatic nitrogens is 2. The Bertz CT molecular complexity index is 1200. The van der Waals surface area contributed by atoms with Crippen LogP contribution in [0.2, 0.25) is 5.15 Å². The molecule has 3 aromatic rings. The number of rotatable bonds is 5. The zero-order chi connectivity index (χ0) is 23.6. The number of nitrogens with zero attached hydrogens (tertiary/aromatic N) is 3. The van der Waals surface area contributed by atoms with Crippen LogP contribution in [0.5, 0.6) is 11.6 Å². The molecule has 0 amide bonds. The maximum absolute atomic E-state index is 13.1. The lowest BCUT2D eigenvalue weighted by Crippen LogP contribution is -2.48. The van der Waals surface area contributed by atoms with Crippen molar-refractivity contribution in [3.63, 3.8) is 0 Å². The SMILES string of the molecule is Cc1ccc(CC2CNN=C(c3cc(Cl)nnc3Oc3cccc(C(F)(F)F)c3)N2)c(C)c1. The summed E-state index contributed by atoms with van der Waals surface area (Å²) in [6.45, 7) is 4.71. The average Bonchev–Trinajstić information content (AvgIpc) is 2.77. The van der Waals surface area contributed by atoms with Crippen molar-refractivity contribution < 1.29 is 17.9 Å². The second-order valence-electron chi connectivity index (χ2n) is 7.81. The summed E-state index contributed by atoms with van der Waals surface area (Å²) in [5, 5.41) is 15.5. The predicted octanol–water partition coefficient (Wildman–Crippen LogP) is 5.02. The molecule has 1 aliphatic heterocycles. The largest absolute Gasteiger partial charge is 0.437 e. The van der Waals surface area contributed by atoms with E-state index in [1.54, 1.807) is 0 Å². The summed E-state index contributed by atoms with van der Waals surface area (Å²) >= 11 is 6.04. The van der Waals surface area contributed by atoms with Gasteiger partial charge in [0.2, 0.25) is 5.88 Å². The minimum Gasteiger partial charge on any atom is -0.437 e. The van der Waals surface area contributed by atoms with Gasteiger partial charge in [-0.3, -0.25) is 0 Å². The minimum absolute atomic E-state index is 0.00672. The number of aryl methyl sites for hydroxylation is 2. The van der Waals surface area contributed by atoms with Crippen LogP contribution < -0.4 is 15.5 Å². The summed E-state index contributed by atoms with van der Waals surface area (Å²) in [5.74, 6) is 0.368. The molecule has 1 aromatic heterocycles. The van der Waals surface area contributed by atoms with Crippen molar-refractivity contribution in [2.24, 2.45) is 5.10 Å². The Morgan fingerprint density at radius 3 is 2.67 bits per heavy atom. The summed E-state index contributed by atoms with van der Waals surface area (Å²) < 4.78 is 44.8. The van der Waals surface area contributed by atoms with Crippen LogP contribution in [0, 0.1) is 13.8 Å². The fourth-order valence-corrected chi connectivity index (χ4v) is 3.71. The number of alkyl halides is 3. The first-order chi connectivity index (χ1) is 15.7. The molecule has 0 saturated carbocycles. The van der Waals surface area contributed by atoms with Gasteiger partial charge in [-0.1, -0.05) is 41.4 Å². The van der Waals surface area contributed by atoms with Crippen LogP contribution in [0.3, 0.4) is 0 Å². The molecule has 33 heavy (non-hydrogen) atoms. The summed E-state index contributed by atoms with van der Waals surface area (Å²) in [7, 11) is 0. The fourth-order valence-electron chi connectivity index (χ4n) is 3.56. The van der Waals surface area contributed by atoms with Crippen molar-refractivity contribution >= 4 is 17.4 Å². The van der Waals surface area contributed by atoms with Gasteiger partial charge in [-0.2, -0.15) is 18.3 Å². The molecule has 0 saturated heterocycles. The Hall–Kier alpha value is -3.33. The number of benzene rings is 2. The molecule has 0 radical (unpaired) electrons. The number of nitrogens with one attached hydrogen (secondary N) is 2. The van der Waals surface area contributed by atoms with E-state index in [4.69, 9.17) is 16.3 Å². The third-order valence-electron chi connectivity index (χ3n) is 5.20. The molecule has 10 heteroatoms. The van der Waals surface area contributed by atoms with E-state index in [0.29, 0.717) is 17.9 Å². The van der Waals surface area contributed by atoms with E-state index < -0.39 is 11.7 Å². The Labute approximate surface area is 193 Å². The van der Waals surface area contributed by atoms with Gasteiger partial charge in [-0.05, 0) is 55.7 Å². The molecule has 2 N–H and O–H groups in total. The summed E-state index contributed by atoms with van der Waals surface area (Å²) in [4.78, 5) is 0. The van der Waals surface area contributed by atoms with E-state index in [9.17, 15) is 13.2 Å². The molecule has 2 heterocycles. The highest BCUT2D eigenvalue weighted by Gasteiger charge is 2.31. The Morgan fingerprint density at radius 2 is 1.91 bits per heavy atom. The smallest absolute Gasteiger partial charge is 0.416 e. The highest BCUT2D eigenvalue weighted by molar-refractivity contribution is 6.29. The fraction of sp³-hybridized carbons (Fsp3) is 0.261. The van der Waals surface area contributed by atoms with Crippen LogP contribution in [0.1, 0.15) is 27.8 Å². The molecule has 0 spiro atoms. The third-order valence-corrected chi connectivity index (χ3v) is 5.38. The number of halogens is 4. The normalized spacial score (nSPS) is 15.9. The first kappa shape index (κ1) is 22.8. The van der Waals surface area contributed by atoms with E-state index in [1.165, 1.54) is 34.9 Å². The Kier molecular flexibility index (Phi) is 6.42. The molecule has 1 atom stereocenters. The summed E-state index contributed by atoms with van der Waals surface area (Å²) in [5.41, 5.74) is 6.15. The van der Waals surface area contributed by atoms with Gasteiger partial charge in [-0.25, -0.2) is 0 Å². The molecular weight excluding hydrogens is 455 g/mol. The second kappa shape index (κ2) is 9.27. The molecule has 1 aliphatic rings. The molecule has 4 rings (SSSR count). The van der Waals surface area contributed by atoms with Gasteiger partial charge in [0.05, 0.1) is 23.7 Å². The van der Waals surface area contributed by atoms with E-state index in [2.05, 4.69) is 51.2 Å². The standard InChI is InChI=1S/C23H21ClF3N5O/c1-13-6-7-15(14(2)8-13)9-17-12-28-31-21(29-17)19-11-20(24)30-32-22(19)33-18-5-3-4-16(10-18)23(25,26)27/h3-8,10-11,17,28H,9,12H2,1-2H3,(H,29,31). The first-order valence-electron chi connectivity index (χ1n) is 10.2. The van der Waals surface area contributed by atoms with Crippen LogP contribution >= 0.6 is 11.6 Å². The average molecular weight is 476 g/mol. The van der Waals surface area contributed by atoms with Crippen molar-refractivity contribution in [3.8, 4) is 11.6 Å². The summed E-state index contributed by atoms with van der Waals surface area (Å²) in [6.07, 6.45) is -3.75. The molecule has 6 nitrogen and oxygen atoms in total. The lowest BCUT2D eigenvalue weighted by Gasteiger charge is -2.26. The molecular formula is C23H21ClF3N5O. The van der Waals surface area contributed by atoms with E-state index in [0.717, 1.165) is 18.6 Å².